The smallest absolute Gasteiger partial charge is 0.244 e. The van der Waals surface area contributed by atoms with Crippen molar-refractivity contribution >= 4 is 11.8 Å². The van der Waals surface area contributed by atoms with Crippen LogP contribution in [-0.4, -0.2) is 22.8 Å². The Morgan fingerprint density at radius 2 is 1.17 bits per heavy atom. The highest BCUT2D eigenvalue weighted by atomic mass is 16.2. The normalized spacial score (nSPS) is 11.8. The average Bonchev–Trinajstić information content (AvgIpc) is 2.79. The Kier molecular flexibility index (Phi) is 7.93. The second kappa shape index (κ2) is 11.1. The molecule has 3 rings (SSSR count). The molecule has 1 atom stereocenters. The zero-order valence-electron chi connectivity index (χ0n) is 17.3. The standard InChI is InChI=1S/C26H28N2O2/c1-2-25(29)27-26(30)24(18-21-12-6-3-7-13-21)28(19-22-14-8-4-9-15-22)20-23-16-10-5-11-17-23/h3-17,24H,2,18-20H2,1H3,(H,27,29,30). The second-order valence-electron chi connectivity index (χ2n) is 7.35. The lowest BCUT2D eigenvalue weighted by molar-refractivity contribution is -0.133. The third-order valence-corrected chi connectivity index (χ3v) is 5.06. The molecule has 0 aliphatic heterocycles. The topological polar surface area (TPSA) is 49.4 Å². The van der Waals surface area contributed by atoms with Gasteiger partial charge < -0.3 is 0 Å². The van der Waals surface area contributed by atoms with Crippen molar-refractivity contribution in [2.45, 2.75) is 38.9 Å². The molecule has 3 aromatic carbocycles. The van der Waals surface area contributed by atoms with Crippen LogP contribution in [-0.2, 0) is 29.1 Å². The summed E-state index contributed by atoms with van der Waals surface area (Å²) >= 11 is 0. The number of amides is 2. The Morgan fingerprint density at radius 3 is 1.60 bits per heavy atom. The molecule has 0 radical (unpaired) electrons. The van der Waals surface area contributed by atoms with E-state index in [1.807, 2.05) is 66.7 Å². The number of nitrogens with one attached hydrogen (secondary N) is 1. The first-order chi connectivity index (χ1) is 14.7. The highest BCUT2D eigenvalue weighted by molar-refractivity contribution is 5.97. The maximum Gasteiger partial charge on any atom is 0.244 e. The number of rotatable bonds is 9. The fourth-order valence-corrected chi connectivity index (χ4v) is 3.45. The van der Waals surface area contributed by atoms with Crippen LogP contribution >= 0.6 is 0 Å². The number of carbonyl (C=O) groups is 2. The Labute approximate surface area is 178 Å². The van der Waals surface area contributed by atoms with E-state index in [1.54, 1.807) is 6.92 Å². The first-order valence-corrected chi connectivity index (χ1v) is 10.3. The number of hydrogen-bond acceptors (Lipinski definition) is 3. The molecule has 0 heterocycles. The van der Waals surface area contributed by atoms with Crippen LogP contribution in [0.2, 0.25) is 0 Å². The lowest BCUT2D eigenvalue weighted by Gasteiger charge is -2.31. The quantitative estimate of drug-likeness (QED) is 0.581. The van der Waals surface area contributed by atoms with Gasteiger partial charge >= 0.3 is 0 Å². The molecule has 0 saturated heterocycles. The molecule has 0 bridgehead atoms. The molecule has 1 unspecified atom stereocenters. The molecule has 30 heavy (non-hydrogen) atoms. The Bertz CT molecular complexity index is 886. The maximum atomic E-state index is 13.2. The lowest BCUT2D eigenvalue weighted by Crippen LogP contribution is -2.49. The van der Waals surface area contributed by atoms with Crippen LogP contribution in [0.4, 0.5) is 0 Å². The lowest BCUT2D eigenvalue weighted by atomic mass is 10.0. The Balaban J connectivity index is 1.92. The van der Waals surface area contributed by atoms with Crippen molar-refractivity contribution in [3.63, 3.8) is 0 Å². The van der Waals surface area contributed by atoms with Gasteiger partial charge in [0.1, 0.15) is 0 Å². The summed E-state index contributed by atoms with van der Waals surface area (Å²) in [5, 5.41) is 2.58. The van der Waals surface area contributed by atoms with Crippen molar-refractivity contribution in [3.8, 4) is 0 Å². The summed E-state index contributed by atoms with van der Waals surface area (Å²) in [5.74, 6) is -0.505. The molecular weight excluding hydrogens is 372 g/mol. The van der Waals surface area contributed by atoms with Gasteiger partial charge in [-0.15, -0.1) is 0 Å². The molecule has 0 aliphatic rings. The van der Waals surface area contributed by atoms with Crippen LogP contribution < -0.4 is 5.32 Å². The molecule has 0 saturated carbocycles. The molecule has 0 spiro atoms. The summed E-state index contributed by atoms with van der Waals surface area (Å²) in [7, 11) is 0. The SMILES string of the molecule is CCC(=O)NC(=O)C(Cc1ccccc1)N(Cc1ccccc1)Cc1ccccc1. The van der Waals surface area contributed by atoms with Crippen molar-refractivity contribution < 1.29 is 9.59 Å². The summed E-state index contributed by atoms with van der Waals surface area (Å²) in [5.41, 5.74) is 3.31. The first-order valence-electron chi connectivity index (χ1n) is 10.3. The van der Waals surface area contributed by atoms with Gasteiger partial charge in [0.15, 0.2) is 0 Å². The van der Waals surface area contributed by atoms with Crippen LogP contribution in [0.3, 0.4) is 0 Å². The third kappa shape index (κ3) is 6.39. The number of carbonyl (C=O) groups excluding carboxylic acids is 2. The van der Waals surface area contributed by atoms with Gasteiger partial charge in [-0.1, -0.05) is 97.9 Å². The van der Waals surface area contributed by atoms with E-state index in [0.29, 0.717) is 19.5 Å². The monoisotopic (exact) mass is 400 g/mol. The number of hydrogen-bond donors (Lipinski definition) is 1. The fraction of sp³-hybridized carbons (Fsp3) is 0.231. The van der Waals surface area contributed by atoms with Gasteiger partial charge in [0, 0.05) is 19.5 Å². The summed E-state index contributed by atoms with van der Waals surface area (Å²) in [4.78, 5) is 27.3. The van der Waals surface area contributed by atoms with Gasteiger partial charge in [-0.2, -0.15) is 0 Å². The largest absolute Gasteiger partial charge is 0.295 e. The molecule has 154 valence electrons. The minimum absolute atomic E-state index is 0.252. The molecule has 0 fully saturated rings. The summed E-state index contributed by atoms with van der Waals surface area (Å²) < 4.78 is 0. The minimum atomic E-state index is -0.469. The van der Waals surface area contributed by atoms with E-state index >= 15 is 0 Å². The molecule has 0 aromatic heterocycles. The summed E-state index contributed by atoms with van der Waals surface area (Å²) in [6, 6.07) is 29.7. The van der Waals surface area contributed by atoms with Gasteiger partial charge in [-0.3, -0.25) is 19.8 Å². The molecule has 3 aromatic rings. The Hall–Kier alpha value is -3.24. The predicted molar refractivity (Wildman–Crippen MR) is 120 cm³/mol. The number of benzene rings is 3. The molecule has 1 N–H and O–H groups in total. The third-order valence-electron chi connectivity index (χ3n) is 5.06. The molecular formula is C26H28N2O2. The van der Waals surface area contributed by atoms with Crippen LogP contribution in [0.5, 0.6) is 0 Å². The van der Waals surface area contributed by atoms with Gasteiger partial charge in [0.25, 0.3) is 0 Å². The van der Waals surface area contributed by atoms with Gasteiger partial charge in [0.05, 0.1) is 6.04 Å². The molecule has 4 heteroatoms. The van der Waals surface area contributed by atoms with E-state index in [0.717, 1.165) is 16.7 Å². The van der Waals surface area contributed by atoms with E-state index in [9.17, 15) is 9.59 Å². The van der Waals surface area contributed by atoms with Crippen molar-refractivity contribution in [2.75, 3.05) is 0 Å². The van der Waals surface area contributed by atoms with E-state index in [1.165, 1.54) is 0 Å². The molecule has 4 nitrogen and oxygen atoms in total. The zero-order valence-corrected chi connectivity index (χ0v) is 17.3. The number of imide groups is 1. The zero-order chi connectivity index (χ0) is 21.2. The van der Waals surface area contributed by atoms with Crippen molar-refractivity contribution in [1.82, 2.24) is 10.2 Å². The van der Waals surface area contributed by atoms with Crippen LogP contribution in [0.25, 0.3) is 0 Å². The minimum Gasteiger partial charge on any atom is -0.295 e. The highest BCUT2D eigenvalue weighted by Crippen LogP contribution is 2.17. The molecule has 0 aliphatic carbocycles. The fourth-order valence-electron chi connectivity index (χ4n) is 3.45. The van der Waals surface area contributed by atoms with Gasteiger partial charge in [-0.25, -0.2) is 0 Å². The first kappa shape index (κ1) is 21.5. The van der Waals surface area contributed by atoms with E-state index in [2.05, 4.69) is 34.5 Å². The van der Waals surface area contributed by atoms with Crippen molar-refractivity contribution in [1.29, 1.82) is 0 Å². The van der Waals surface area contributed by atoms with E-state index in [-0.39, 0.29) is 18.2 Å². The maximum absolute atomic E-state index is 13.2. The average molecular weight is 401 g/mol. The van der Waals surface area contributed by atoms with E-state index < -0.39 is 6.04 Å². The van der Waals surface area contributed by atoms with Gasteiger partial charge in [-0.05, 0) is 23.1 Å². The predicted octanol–water partition coefficient (Wildman–Crippen LogP) is 4.35. The second-order valence-corrected chi connectivity index (χ2v) is 7.35. The van der Waals surface area contributed by atoms with Crippen molar-refractivity contribution in [2.24, 2.45) is 0 Å². The molecule has 2 amide bonds. The van der Waals surface area contributed by atoms with Crippen LogP contribution in [0.1, 0.15) is 30.0 Å². The van der Waals surface area contributed by atoms with Crippen molar-refractivity contribution in [3.05, 3.63) is 108 Å². The van der Waals surface area contributed by atoms with Gasteiger partial charge in [0.2, 0.25) is 11.8 Å². The van der Waals surface area contributed by atoms with E-state index in [4.69, 9.17) is 0 Å². The Morgan fingerprint density at radius 1 is 0.733 bits per heavy atom. The summed E-state index contributed by atoms with van der Waals surface area (Å²) in [6.45, 7) is 2.97. The summed E-state index contributed by atoms with van der Waals surface area (Å²) in [6.07, 6.45) is 0.810. The highest BCUT2D eigenvalue weighted by Gasteiger charge is 2.27. The van der Waals surface area contributed by atoms with Crippen LogP contribution in [0, 0.1) is 0 Å². The number of nitrogens with zero attached hydrogens (tertiary/aromatic N) is 1. The van der Waals surface area contributed by atoms with Crippen LogP contribution in [0.15, 0.2) is 91.0 Å².